The summed E-state index contributed by atoms with van der Waals surface area (Å²) < 4.78 is 1.26. The lowest BCUT2D eigenvalue weighted by Crippen LogP contribution is -2.32. The largest absolute Gasteiger partial charge is 0.365 e. The van der Waals surface area contributed by atoms with E-state index in [1.165, 1.54) is 10.9 Å². The summed E-state index contributed by atoms with van der Waals surface area (Å²) in [5.41, 5.74) is 7.08. The normalized spacial score (nSPS) is 12.1. The molecule has 1 atom stereocenters. The fraction of sp³-hybridized carbons (Fsp3) is 0.222. The van der Waals surface area contributed by atoms with Crippen LogP contribution in [0.15, 0.2) is 35.4 Å². The lowest BCUT2D eigenvalue weighted by Gasteiger charge is -2.16. The van der Waals surface area contributed by atoms with Crippen molar-refractivity contribution in [2.24, 2.45) is 5.73 Å². The van der Waals surface area contributed by atoms with Crippen LogP contribution >= 0.6 is 11.3 Å². The Hall–Kier alpha value is -3.00. The average Bonchev–Trinajstić information content (AvgIpc) is 2.94. The molecule has 0 radical (unpaired) electrons. The van der Waals surface area contributed by atoms with Crippen LogP contribution in [0.5, 0.6) is 0 Å². The molecule has 2 amide bonds. The highest BCUT2D eigenvalue weighted by molar-refractivity contribution is 7.20. The maximum atomic E-state index is 12.8. The maximum Gasteiger partial charge on any atom is 0.263 e. The zero-order valence-corrected chi connectivity index (χ0v) is 15.4. The minimum Gasteiger partial charge on any atom is -0.365 e. The van der Waals surface area contributed by atoms with E-state index in [-0.39, 0.29) is 11.5 Å². The summed E-state index contributed by atoms with van der Waals surface area (Å²) in [6.45, 7) is 5.17. The first-order valence-electron chi connectivity index (χ1n) is 7.97. The van der Waals surface area contributed by atoms with Gasteiger partial charge in [0, 0.05) is 5.69 Å². The number of fused-ring (bicyclic) bond motifs is 1. The number of carbonyl (C=O) groups excluding carboxylic acids is 2. The van der Waals surface area contributed by atoms with Gasteiger partial charge in [0.05, 0.1) is 16.6 Å². The zero-order chi connectivity index (χ0) is 19.0. The number of hydrogen-bond donors (Lipinski definition) is 2. The van der Waals surface area contributed by atoms with E-state index in [4.69, 9.17) is 5.73 Å². The van der Waals surface area contributed by atoms with Gasteiger partial charge in [-0.25, -0.2) is 4.98 Å². The second-order valence-corrected chi connectivity index (χ2v) is 7.04. The van der Waals surface area contributed by atoms with Crippen LogP contribution in [-0.4, -0.2) is 21.4 Å². The van der Waals surface area contributed by atoms with Crippen molar-refractivity contribution < 1.29 is 9.59 Å². The fourth-order valence-corrected chi connectivity index (χ4v) is 3.72. The molecule has 0 aliphatic rings. The number of aromatic nitrogens is 2. The van der Waals surface area contributed by atoms with Gasteiger partial charge in [-0.05, 0) is 38.0 Å². The first kappa shape index (κ1) is 17.8. The monoisotopic (exact) mass is 370 g/mol. The highest BCUT2D eigenvalue weighted by Crippen LogP contribution is 2.26. The quantitative estimate of drug-likeness (QED) is 0.735. The standard InChI is InChI=1S/C18H18N4O3S/c1-9-6-4-5-7-12(9)21-16(24)11(3)22-8-20-17-13(18(22)25)10(2)14(26-17)15(19)23/h4-8,11H,1-3H3,(H2,19,23)(H,21,24)/t11-/m1/s1. The predicted molar refractivity (Wildman–Crippen MR) is 102 cm³/mol. The molecular formula is C18H18N4O3S. The van der Waals surface area contributed by atoms with Crippen LogP contribution in [0, 0.1) is 13.8 Å². The van der Waals surface area contributed by atoms with Crippen molar-refractivity contribution in [2.45, 2.75) is 26.8 Å². The van der Waals surface area contributed by atoms with E-state index in [0.29, 0.717) is 26.3 Å². The topological polar surface area (TPSA) is 107 Å². The van der Waals surface area contributed by atoms with Gasteiger partial charge in [-0.3, -0.25) is 19.0 Å². The average molecular weight is 370 g/mol. The van der Waals surface area contributed by atoms with Gasteiger partial charge in [-0.1, -0.05) is 18.2 Å². The Balaban J connectivity index is 1.99. The van der Waals surface area contributed by atoms with Crippen molar-refractivity contribution in [2.75, 3.05) is 5.32 Å². The molecule has 3 aromatic rings. The van der Waals surface area contributed by atoms with Crippen molar-refractivity contribution in [1.29, 1.82) is 0 Å². The molecule has 0 saturated heterocycles. The zero-order valence-electron chi connectivity index (χ0n) is 14.6. The molecule has 26 heavy (non-hydrogen) atoms. The van der Waals surface area contributed by atoms with Crippen molar-refractivity contribution in [1.82, 2.24) is 9.55 Å². The smallest absolute Gasteiger partial charge is 0.263 e. The van der Waals surface area contributed by atoms with Crippen LogP contribution in [0.3, 0.4) is 0 Å². The molecule has 0 fully saturated rings. The Morgan fingerprint density at radius 1 is 1.27 bits per heavy atom. The third-order valence-electron chi connectivity index (χ3n) is 4.30. The summed E-state index contributed by atoms with van der Waals surface area (Å²) in [4.78, 5) is 41.9. The van der Waals surface area contributed by atoms with Crippen LogP contribution < -0.4 is 16.6 Å². The number of nitrogens with zero attached hydrogens (tertiary/aromatic N) is 2. The SMILES string of the molecule is Cc1ccccc1NC(=O)[C@@H](C)n1cnc2sc(C(N)=O)c(C)c2c1=O. The number of nitrogens with two attached hydrogens (primary N) is 1. The maximum absolute atomic E-state index is 12.8. The minimum absolute atomic E-state index is 0.305. The molecule has 134 valence electrons. The fourth-order valence-electron chi connectivity index (χ4n) is 2.72. The van der Waals surface area contributed by atoms with E-state index in [2.05, 4.69) is 10.3 Å². The Kier molecular flexibility index (Phi) is 4.60. The second-order valence-electron chi connectivity index (χ2n) is 6.04. The summed E-state index contributed by atoms with van der Waals surface area (Å²) in [5, 5.41) is 3.14. The predicted octanol–water partition coefficient (Wildman–Crippen LogP) is 2.37. The van der Waals surface area contributed by atoms with Gasteiger partial charge in [0.25, 0.3) is 11.5 Å². The number of carbonyl (C=O) groups is 2. The molecule has 3 rings (SSSR count). The van der Waals surface area contributed by atoms with Crippen LogP contribution in [-0.2, 0) is 4.79 Å². The number of aryl methyl sites for hydroxylation is 2. The first-order valence-corrected chi connectivity index (χ1v) is 8.79. The van der Waals surface area contributed by atoms with Crippen molar-refractivity contribution in [3.63, 3.8) is 0 Å². The van der Waals surface area contributed by atoms with Crippen LogP contribution in [0.2, 0.25) is 0 Å². The van der Waals surface area contributed by atoms with Crippen molar-refractivity contribution in [3.05, 3.63) is 57.0 Å². The number of primary amides is 1. The van der Waals surface area contributed by atoms with Gasteiger partial charge in [-0.15, -0.1) is 11.3 Å². The van der Waals surface area contributed by atoms with Crippen LogP contribution in [0.4, 0.5) is 5.69 Å². The van der Waals surface area contributed by atoms with Crippen LogP contribution in [0.25, 0.3) is 10.2 Å². The van der Waals surface area contributed by atoms with Crippen molar-refractivity contribution in [3.8, 4) is 0 Å². The lowest BCUT2D eigenvalue weighted by molar-refractivity contribution is -0.118. The molecule has 3 N–H and O–H groups in total. The van der Waals surface area contributed by atoms with Gasteiger partial charge >= 0.3 is 0 Å². The number of amides is 2. The molecule has 1 aromatic carbocycles. The summed E-state index contributed by atoms with van der Waals surface area (Å²) in [6, 6.07) is 6.63. The molecular weight excluding hydrogens is 352 g/mol. The Morgan fingerprint density at radius 3 is 2.62 bits per heavy atom. The number of hydrogen-bond acceptors (Lipinski definition) is 5. The van der Waals surface area contributed by atoms with E-state index in [9.17, 15) is 14.4 Å². The first-order chi connectivity index (χ1) is 12.3. The summed E-state index contributed by atoms with van der Waals surface area (Å²) >= 11 is 1.08. The number of para-hydroxylation sites is 1. The molecule has 0 bridgehead atoms. The molecule has 0 aliphatic heterocycles. The van der Waals surface area contributed by atoms with Gasteiger partial charge < -0.3 is 11.1 Å². The molecule has 7 nitrogen and oxygen atoms in total. The molecule has 0 unspecified atom stereocenters. The van der Waals surface area contributed by atoms with E-state index < -0.39 is 11.9 Å². The van der Waals surface area contributed by atoms with Gasteiger partial charge in [0.1, 0.15) is 10.9 Å². The van der Waals surface area contributed by atoms with Gasteiger partial charge in [-0.2, -0.15) is 0 Å². The second kappa shape index (κ2) is 6.72. The van der Waals surface area contributed by atoms with E-state index in [1.54, 1.807) is 19.9 Å². The Bertz CT molecular complexity index is 1080. The summed E-state index contributed by atoms with van der Waals surface area (Å²) in [6.07, 6.45) is 1.33. The number of anilines is 1. The van der Waals surface area contributed by atoms with Crippen LogP contribution in [0.1, 0.15) is 33.8 Å². The molecule has 0 spiro atoms. The molecule has 2 heterocycles. The molecule has 2 aromatic heterocycles. The third-order valence-corrected chi connectivity index (χ3v) is 5.51. The summed E-state index contributed by atoms with van der Waals surface area (Å²) in [7, 11) is 0. The van der Waals surface area contributed by atoms with Gasteiger partial charge in [0.15, 0.2) is 0 Å². The summed E-state index contributed by atoms with van der Waals surface area (Å²) in [5.74, 6) is -0.924. The molecule has 0 aliphatic carbocycles. The Labute approximate surface area is 153 Å². The lowest BCUT2D eigenvalue weighted by atomic mass is 10.2. The number of nitrogens with one attached hydrogen (secondary N) is 1. The Morgan fingerprint density at radius 2 is 1.96 bits per heavy atom. The highest BCUT2D eigenvalue weighted by atomic mass is 32.1. The number of thiophene rings is 1. The van der Waals surface area contributed by atoms with E-state index in [1.807, 2.05) is 25.1 Å². The molecule has 0 saturated carbocycles. The minimum atomic E-state index is -0.768. The number of rotatable bonds is 4. The highest BCUT2D eigenvalue weighted by Gasteiger charge is 2.22. The number of benzene rings is 1. The van der Waals surface area contributed by atoms with Crippen molar-refractivity contribution >= 4 is 39.1 Å². The van der Waals surface area contributed by atoms with Gasteiger partial charge in [0.2, 0.25) is 5.91 Å². The molecule has 8 heteroatoms. The third kappa shape index (κ3) is 2.99. The van der Waals surface area contributed by atoms with E-state index in [0.717, 1.165) is 16.9 Å². The van der Waals surface area contributed by atoms with E-state index >= 15 is 0 Å².